The average molecular weight is 325 g/mol. The minimum absolute atomic E-state index is 0.0257. The third-order valence-corrected chi connectivity index (χ3v) is 6.42. The van der Waals surface area contributed by atoms with Crippen LogP contribution >= 0.6 is 0 Å². The van der Waals surface area contributed by atoms with Gasteiger partial charge in [0.25, 0.3) is 0 Å². The molecule has 3 heterocycles. The molecule has 22 heavy (non-hydrogen) atoms. The van der Waals surface area contributed by atoms with E-state index in [2.05, 4.69) is 4.98 Å². The van der Waals surface area contributed by atoms with Gasteiger partial charge in [0.05, 0.1) is 13.3 Å². The fraction of sp³-hybridized carbons (Fsp3) is 0.571. The van der Waals surface area contributed by atoms with E-state index in [1.807, 2.05) is 0 Å². The lowest BCUT2D eigenvalue weighted by molar-refractivity contribution is -0.127. The molecule has 0 N–H and O–H groups in total. The number of sulfonamides is 1. The number of likely N-dealkylation sites (N-methyl/N-ethyl adjacent to an activating group) is 1. The Balaban J connectivity index is 1.82. The Bertz CT molecular complexity index is 674. The summed E-state index contributed by atoms with van der Waals surface area (Å²) >= 11 is 0. The molecule has 0 spiro atoms. The molecule has 2 saturated heterocycles. The van der Waals surface area contributed by atoms with Gasteiger partial charge >= 0.3 is 0 Å². The number of rotatable bonds is 3. The topological polar surface area (TPSA) is 79.8 Å². The maximum Gasteiger partial charge on any atom is 0.244 e. The summed E-state index contributed by atoms with van der Waals surface area (Å²) in [4.78, 5) is 17.6. The summed E-state index contributed by atoms with van der Waals surface area (Å²) in [5.74, 6) is 0.733. The van der Waals surface area contributed by atoms with E-state index in [1.54, 1.807) is 11.9 Å². The van der Waals surface area contributed by atoms with Crippen LogP contribution in [0.25, 0.3) is 0 Å². The van der Waals surface area contributed by atoms with E-state index in [0.717, 1.165) is 0 Å². The van der Waals surface area contributed by atoms with Gasteiger partial charge < -0.3 is 9.64 Å². The Morgan fingerprint density at radius 2 is 2.14 bits per heavy atom. The lowest BCUT2D eigenvalue weighted by Crippen LogP contribution is -2.49. The maximum absolute atomic E-state index is 12.7. The second-order valence-electron chi connectivity index (χ2n) is 5.72. The number of fused-ring (bicyclic) bond motifs is 1. The molecular weight excluding hydrogens is 306 g/mol. The molecule has 2 aliphatic heterocycles. The normalized spacial score (nSPS) is 26.1. The van der Waals surface area contributed by atoms with Crippen molar-refractivity contribution in [3.8, 4) is 5.88 Å². The second-order valence-corrected chi connectivity index (χ2v) is 7.66. The van der Waals surface area contributed by atoms with Crippen LogP contribution < -0.4 is 4.74 Å². The molecule has 1 aromatic heterocycles. The van der Waals surface area contributed by atoms with Crippen LogP contribution in [0.1, 0.15) is 12.8 Å². The van der Waals surface area contributed by atoms with Crippen LogP contribution in [0.4, 0.5) is 0 Å². The highest BCUT2D eigenvalue weighted by Gasteiger charge is 2.43. The first-order valence-corrected chi connectivity index (χ1v) is 8.63. The van der Waals surface area contributed by atoms with Crippen molar-refractivity contribution in [2.24, 2.45) is 5.92 Å². The predicted octanol–water partition coefficient (Wildman–Crippen LogP) is 0.331. The Labute approximate surface area is 129 Å². The molecule has 3 rings (SSSR count). The number of amides is 1. The Hall–Kier alpha value is -1.67. The minimum Gasteiger partial charge on any atom is -0.481 e. The molecule has 120 valence electrons. The molecule has 7 nitrogen and oxygen atoms in total. The third-order valence-electron chi connectivity index (χ3n) is 4.57. The third kappa shape index (κ3) is 2.46. The number of nitrogens with zero attached hydrogens (tertiary/aromatic N) is 3. The van der Waals surface area contributed by atoms with E-state index in [4.69, 9.17) is 4.74 Å². The Morgan fingerprint density at radius 1 is 1.36 bits per heavy atom. The van der Waals surface area contributed by atoms with E-state index in [-0.39, 0.29) is 22.8 Å². The van der Waals surface area contributed by atoms with Crippen LogP contribution in [0.5, 0.6) is 5.88 Å². The molecule has 0 bridgehead atoms. The number of hydrogen-bond donors (Lipinski definition) is 0. The van der Waals surface area contributed by atoms with E-state index in [0.29, 0.717) is 31.8 Å². The smallest absolute Gasteiger partial charge is 0.244 e. The predicted molar refractivity (Wildman–Crippen MR) is 78.8 cm³/mol. The van der Waals surface area contributed by atoms with Crippen molar-refractivity contribution in [1.29, 1.82) is 0 Å². The maximum atomic E-state index is 12.7. The summed E-state index contributed by atoms with van der Waals surface area (Å²) in [5, 5.41) is 0. The Kier molecular flexibility index (Phi) is 3.82. The summed E-state index contributed by atoms with van der Waals surface area (Å²) in [5.41, 5.74) is 0. The molecule has 0 saturated carbocycles. The summed E-state index contributed by atoms with van der Waals surface area (Å²) in [7, 11) is -0.361. The zero-order chi connectivity index (χ0) is 15.9. The molecule has 0 unspecified atom stereocenters. The summed E-state index contributed by atoms with van der Waals surface area (Å²) in [6.45, 7) is 0.790. The highest BCUT2D eigenvalue weighted by Crippen LogP contribution is 2.33. The zero-order valence-corrected chi connectivity index (χ0v) is 13.4. The standard InChI is InChI=1S/C14H19N3O4S/c1-16-12-9-17(6-5-10(12)7-14(16)18)22(19,20)11-3-4-13(21-2)15-8-11/h3-4,8,10,12H,5-7,9H2,1-2H3/t10-,12-/m1/s1. The van der Waals surface area contributed by atoms with Crippen molar-refractivity contribution in [3.05, 3.63) is 18.3 Å². The van der Waals surface area contributed by atoms with Gasteiger partial charge in [-0.2, -0.15) is 4.31 Å². The van der Waals surface area contributed by atoms with Crippen LogP contribution in [0.3, 0.4) is 0 Å². The monoisotopic (exact) mass is 325 g/mol. The molecular formula is C14H19N3O4S. The van der Waals surface area contributed by atoms with Gasteiger partial charge in [0.2, 0.25) is 21.8 Å². The van der Waals surface area contributed by atoms with Crippen molar-refractivity contribution in [3.63, 3.8) is 0 Å². The highest BCUT2D eigenvalue weighted by molar-refractivity contribution is 7.89. The molecule has 2 aliphatic rings. The van der Waals surface area contributed by atoms with Crippen molar-refractivity contribution >= 4 is 15.9 Å². The van der Waals surface area contributed by atoms with Gasteiger partial charge in [0, 0.05) is 38.7 Å². The van der Waals surface area contributed by atoms with Gasteiger partial charge in [0.1, 0.15) is 4.90 Å². The number of likely N-dealkylation sites (tertiary alicyclic amines) is 1. The zero-order valence-electron chi connectivity index (χ0n) is 12.6. The van der Waals surface area contributed by atoms with Gasteiger partial charge in [-0.25, -0.2) is 13.4 Å². The van der Waals surface area contributed by atoms with Gasteiger partial charge in [-0.1, -0.05) is 0 Å². The molecule has 8 heteroatoms. The first-order valence-electron chi connectivity index (χ1n) is 7.19. The summed E-state index contributed by atoms with van der Waals surface area (Å²) < 4.78 is 31.8. The Morgan fingerprint density at radius 3 is 2.77 bits per heavy atom. The van der Waals surface area contributed by atoms with Gasteiger partial charge in [0.15, 0.2) is 0 Å². The van der Waals surface area contributed by atoms with Crippen molar-refractivity contribution in [2.45, 2.75) is 23.8 Å². The van der Waals surface area contributed by atoms with Crippen LogP contribution in [0.15, 0.2) is 23.2 Å². The van der Waals surface area contributed by atoms with E-state index >= 15 is 0 Å². The minimum atomic E-state index is -3.59. The molecule has 0 aliphatic carbocycles. The molecule has 1 amide bonds. The van der Waals surface area contributed by atoms with E-state index < -0.39 is 10.0 Å². The number of piperidine rings is 1. The second kappa shape index (κ2) is 5.51. The lowest BCUT2D eigenvalue weighted by atomic mass is 9.93. The highest BCUT2D eigenvalue weighted by atomic mass is 32.2. The van der Waals surface area contributed by atoms with Crippen LogP contribution in [0.2, 0.25) is 0 Å². The molecule has 2 fully saturated rings. The number of carbonyl (C=O) groups excluding carboxylic acids is 1. The first kappa shape index (κ1) is 15.2. The molecule has 0 aromatic carbocycles. The van der Waals surface area contributed by atoms with Crippen LogP contribution in [-0.2, 0) is 14.8 Å². The van der Waals surface area contributed by atoms with Crippen molar-refractivity contribution in [1.82, 2.24) is 14.2 Å². The largest absolute Gasteiger partial charge is 0.481 e. The van der Waals surface area contributed by atoms with Crippen LogP contribution in [0, 0.1) is 5.92 Å². The van der Waals surface area contributed by atoms with Crippen molar-refractivity contribution in [2.75, 3.05) is 27.2 Å². The van der Waals surface area contributed by atoms with Gasteiger partial charge in [-0.15, -0.1) is 0 Å². The number of ether oxygens (including phenoxy) is 1. The van der Waals surface area contributed by atoms with E-state index in [9.17, 15) is 13.2 Å². The molecule has 2 atom stereocenters. The summed E-state index contributed by atoms with van der Waals surface area (Å²) in [6, 6.07) is 3.00. The number of carbonyl (C=O) groups is 1. The molecule has 1 aromatic rings. The van der Waals surface area contributed by atoms with Crippen LogP contribution in [-0.4, -0.2) is 61.8 Å². The SMILES string of the molecule is COc1ccc(S(=O)(=O)N2CC[C@@H]3CC(=O)N(C)[C@@H]3C2)cn1. The fourth-order valence-electron chi connectivity index (χ4n) is 3.19. The quantitative estimate of drug-likeness (QED) is 0.800. The van der Waals surface area contributed by atoms with Gasteiger partial charge in [-0.3, -0.25) is 4.79 Å². The molecule has 0 radical (unpaired) electrons. The number of aromatic nitrogens is 1. The lowest BCUT2D eigenvalue weighted by Gasteiger charge is -2.36. The van der Waals surface area contributed by atoms with Gasteiger partial charge in [-0.05, 0) is 18.4 Å². The average Bonchev–Trinajstić information content (AvgIpc) is 2.82. The van der Waals surface area contributed by atoms with E-state index in [1.165, 1.54) is 29.7 Å². The number of hydrogen-bond acceptors (Lipinski definition) is 5. The number of pyridine rings is 1. The number of methoxy groups -OCH3 is 1. The van der Waals surface area contributed by atoms with Crippen molar-refractivity contribution < 1.29 is 17.9 Å². The first-order chi connectivity index (χ1) is 10.4. The summed E-state index contributed by atoms with van der Waals surface area (Å²) in [6.07, 6.45) is 2.55. The fourth-order valence-corrected chi connectivity index (χ4v) is 4.61.